The summed E-state index contributed by atoms with van der Waals surface area (Å²) in [5.74, 6) is 0. The Morgan fingerprint density at radius 3 is 1.80 bits per heavy atom. The first-order valence-corrected chi connectivity index (χ1v) is 7.78. The van der Waals surface area contributed by atoms with Crippen LogP contribution in [0.4, 0.5) is 0 Å². The molecule has 0 aromatic rings. The summed E-state index contributed by atoms with van der Waals surface area (Å²) in [4.78, 5) is 0. The van der Waals surface area contributed by atoms with Gasteiger partial charge in [0.15, 0.2) is 0 Å². The summed E-state index contributed by atoms with van der Waals surface area (Å²) in [5, 5.41) is 0. The van der Waals surface area contributed by atoms with E-state index < -0.39 is 0 Å². The molecule has 0 N–H and O–H groups in total. The third-order valence-corrected chi connectivity index (χ3v) is 5.39. The van der Waals surface area contributed by atoms with Crippen LogP contribution >= 0.6 is 0 Å². The van der Waals surface area contributed by atoms with E-state index in [4.69, 9.17) is 0 Å². The molecule has 1 aliphatic rings. The molecule has 0 radical (unpaired) electrons. The largest absolute Gasteiger partial charge is 0.0720 e. The van der Waals surface area contributed by atoms with Crippen LogP contribution in [0.15, 0.2) is 0 Å². The Hall–Kier alpha value is 0.217. The van der Waals surface area contributed by atoms with Gasteiger partial charge in [-0.25, -0.2) is 0 Å². The highest BCUT2D eigenvalue weighted by Gasteiger charge is 2.15. The normalized spacial score (nSPS) is 23.1. The first-order chi connectivity index (χ1) is 4.80. The molecule has 60 valence electrons. The first-order valence-electron chi connectivity index (χ1n) is 4.80. The maximum absolute atomic E-state index is 2.51. The minimum atomic E-state index is -0.281. The Morgan fingerprint density at radius 1 is 0.900 bits per heavy atom. The Bertz CT molecular complexity index is 80.7. The van der Waals surface area contributed by atoms with Gasteiger partial charge >= 0.3 is 0 Å². The van der Waals surface area contributed by atoms with Gasteiger partial charge in [0, 0.05) is 8.80 Å². The van der Waals surface area contributed by atoms with Gasteiger partial charge in [0.2, 0.25) is 0 Å². The molecule has 0 aromatic heterocycles. The predicted octanol–water partition coefficient (Wildman–Crippen LogP) is 3.20. The maximum atomic E-state index is 2.51. The fourth-order valence-corrected chi connectivity index (χ4v) is 3.78. The topological polar surface area (TPSA) is 0 Å². The van der Waals surface area contributed by atoms with Gasteiger partial charge in [-0.1, -0.05) is 51.6 Å². The van der Waals surface area contributed by atoms with E-state index in [-0.39, 0.29) is 8.80 Å². The molecule has 10 heavy (non-hydrogen) atoms. The Labute approximate surface area is 66.6 Å². The molecule has 0 atom stereocenters. The van der Waals surface area contributed by atoms with E-state index in [1.165, 1.54) is 31.2 Å². The van der Waals surface area contributed by atoms with Crippen LogP contribution in [0.25, 0.3) is 0 Å². The van der Waals surface area contributed by atoms with Crippen LogP contribution in [0.1, 0.15) is 38.5 Å². The van der Waals surface area contributed by atoms with Crippen molar-refractivity contribution in [1.29, 1.82) is 0 Å². The first kappa shape index (κ1) is 8.31. The van der Waals surface area contributed by atoms with Crippen molar-refractivity contribution in [2.75, 3.05) is 0 Å². The second-order valence-electron chi connectivity index (χ2n) is 4.00. The quantitative estimate of drug-likeness (QED) is 0.404. The molecule has 1 heteroatoms. The summed E-state index contributed by atoms with van der Waals surface area (Å²) >= 11 is 0. The van der Waals surface area contributed by atoms with Crippen LogP contribution in [0, 0.1) is 0 Å². The van der Waals surface area contributed by atoms with Gasteiger partial charge in [-0.2, -0.15) is 0 Å². The van der Waals surface area contributed by atoms with Crippen LogP contribution < -0.4 is 0 Å². The van der Waals surface area contributed by atoms with Gasteiger partial charge in [0.1, 0.15) is 0 Å². The highest BCUT2D eigenvalue weighted by Crippen LogP contribution is 2.29. The van der Waals surface area contributed by atoms with E-state index in [1.807, 2.05) is 0 Å². The smallest absolute Gasteiger partial charge is 0.0337 e. The molecule has 1 aliphatic carbocycles. The second-order valence-corrected chi connectivity index (χ2v) is 7.43. The van der Waals surface area contributed by atoms with Crippen molar-refractivity contribution >= 4 is 8.80 Å². The van der Waals surface area contributed by atoms with Crippen LogP contribution in [-0.4, -0.2) is 8.80 Å². The van der Waals surface area contributed by atoms with Crippen molar-refractivity contribution in [3.8, 4) is 0 Å². The molecule has 0 spiro atoms. The summed E-state index contributed by atoms with van der Waals surface area (Å²) in [5.41, 5.74) is 1.18. The SMILES string of the molecule is C[SiH](C)C1CCCCCC1. The second kappa shape index (κ2) is 4.17. The van der Waals surface area contributed by atoms with Gasteiger partial charge in [-0.3, -0.25) is 0 Å². The van der Waals surface area contributed by atoms with Gasteiger partial charge in [-0.05, 0) is 5.54 Å². The van der Waals surface area contributed by atoms with Crippen LogP contribution in [0.2, 0.25) is 18.6 Å². The number of hydrogen-bond donors (Lipinski definition) is 0. The van der Waals surface area contributed by atoms with Crippen molar-refractivity contribution in [1.82, 2.24) is 0 Å². The molecule has 1 rings (SSSR count). The van der Waals surface area contributed by atoms with Crippen molar-refractivity contribution in [2.45, 2.75) is 57.2 Å². The third-order valence-electron chi connectivity index (χ3n) is 2.84. The van der Waals surface area contributed by atoms with Gasteiger partial charge in [-0.15, -0.1) is 0 Å². The van der Waals surface area contributed by atoms with E-state index in [0.717, 1.165) is 0 Å². The maximum Gasteiger partial charge on any atom is 0.0337 e. The Kier molecular flexibility index (Phi) is 3.47. The van der Waals surface area contributed by atoms with Gasteiger partial charge in [0.05, 0.1) is 0 Å². The van der Waals surface area contributed by atoms with E-state index in [9.17, 15) is 0 Å². The molecular formula is C9H20Si. The van der Waals surface area contributed by atoms with Gasteiger partial charge in [0.25, 0.3) is 0 Å². The van der Waals surface area contributed by atoms with Crippen LogP contribution in [0.3, 0.4) is 0 Å². The fraction of sp³-hybridized carbons (Fsp3) is 1.00. The summed E-state index contributed by atoms with van der Waals surface area (Å²) in [6, 6.07) is 0. The lowest BCUT2D eigenvalue weighted by Crippen LogP contribution is -2.10. The average molecular weight is 156 g/mol. The van der Waals surface area contributed by atoms with Gasteiger partial charge < -0.3 is 0 Å². The van der Waals surface area contributed by atoms with Crippen molar-refractivity contribution in [3.63, 3.8) is 0 Å². The van der Waals surface area contributed by atoms with Crippen molar-refractivity contribution in [3.05, 3.63) is 0 Å². The lowest BCUT2D eigenvalue weighted by Gasteiger charge is -2.16. The Balaban J connectivity index is 2.28. The standard InChI is InChI=1S/C9H20Si/c1-10(2)9-7-5-3-4-6-8-9/h9-10H,3-8H2,1-2H3. The highest BCUT2D eigenvalue weighted by molar-refractivity contribution is 6.57. The third kappa shape index (κ3) is 2.45. The molecule has 0 saturated heterocycles. The summed E-state index contributed by atoms with van der Waals surface area (Å²) in [7, 11) is -0.281. The van der Waals surface area contributed by atoms with E-state index >= 15 is 0 Å². The highest BCUT2D eigenvalue weighted by atomic mass is 28.3. The van der Waals surface area contributed by atoms with Crippen molar-refractivity contribution in [2.24, 2.45) is 0 Å². The zero-order chi connectivity index (χ0) is 7.40. The van der Waals surface area contributed by atoms with E-state index in [0.29, 0.717) is 0 Å². The van der Waals surface area contributed by atoms with E-state index in [1.54, 1.807) is 12.8 Å². The molecular weight excluding hydrogens is 136 g/mol. The lowest BCUT2D eigenvalue weighted by atomic mass is 10.2. The number of hydrogen-bond acceptors (Lipinski definition) is 0. The molecule has 0 nitrogen and oxygen atoms in total. The monoisotopic (exact) mass is 156 g/mol. The predicted molar refractivity (Wildman–Crippen MR) is 50.3 cm³/mol. The Morgan fingerprint density at radius 2 is 1.40 bits per heavy atom. The minimum Gasteiger partial charge on any atom is -0.0720 e. The number of rotatable bonds is 1. The summed E-state index contributed by atoms with van der Waals surface area (Å²) < 4.78 is 0. The molecule has 0 heterocycles. The fourth-order valence-electron chi connectivity index (χ4n) is 1.98. The minimum absolute atomic E-state index is 0.281. The molecule has 1 fully saturated rings. The average Bonchev–Trinajstić information content (AvgIpc) is 2.12. The molecule has 0 bridgehead atoms. The molecule has 0 amide bonds. The zero-order valence-electron chi connectivity index (χ0n) is 7.40. The van der Waals surface area contributed by atoms with Crippen LogP contribution in [-0.2, 0) is 0 Å². The summed E-state index contributed by atoms with van der Waals surface area (Å²) in [6.45, 7) is 5.02. The molecule has 0 aromatic carbocycles. The van der Waals surface area contributed by atoms with Crippen molar-refractivity contribution < 1.29 is 0 Å². The lowest BCUT2D eigenvalue weighted by molar-refractivity contribution is 0.686. The summed E-state index contributed by atoms with van der Waals surface area (Å²) in [6.07, 6.45) is 9.19. The molecule has 0 unspecified atom stereocenters. The molecule has 1 saturated carbocycles. The van der Waals surface area contributed by atoms with E-state index in [2.05, 4.69) is 13.1 Å². The van der Waals surface area contributed by atoms with Crippen LogP contribution in [0.5, 0.6) is 0 Å². The zero-order valence-corrected chi connectivity index (χ0v) is 8.55. The molecule has 0 aliphatic heterocycles.